The lowest BCUT2D eigenvalue weighted by atomic mass is 10.1. The molecule has 2 amide bonds. The Morgan fingerprint density at radius 2 is 2.30 bits per heavy atom. The van der Waals surface area contributed by atoms with E-state index in [2.05, 4.69) is 31.2 Å². The van der Waals surface area contributed by atoms with Gasteiger partial charge in [-0.15, -0.1) is 11.6 Å². The van der Waals surface area contributed by atoms with Crippen LogP contribution in [0.3, 0.4) is 0 Å². The number of halogens is 2. The molecule has 1 atom stereocenters. The van der Waals surface area contributed by atoms with Gasteiger partial charge >= 0.3 is 0 Å². The standard InChI is InChI=1S/C12H10BrClN4O2/c13-6-3-7-11(15-5-6)18(9(4-14)16-7)8-1-2-10(19)17-12(8)20/h3,5,8H,1-2,4H2,(H,17,19,20). The van der Waals surface area contributed by atoms with Crippen molar-refractivity contribution >= 4 is 50.5 Å². The smallest absolute Gasteiger partial charge is 0.249 e. The van der Waals surface area contributed by atoms with Gasteiger partial charge in [-0.25, -0.2) is 9.97 Å². The fourth-order valence-corrected chi connectivity index (χ4v) is 2.86. The van der Waals surface area contributed by atoms with Crippen LogP contribution in [-0.2, 0) is 15.5 Å². The highest BCUT2D eigenvalue weighted by molar-refractivity contribution is 9.10. The highest BCUT2D eigenvalue weighted by Gasteiger charge is 2.31. The van der Waals surface area contributed by atoms with Crippen molar-refractivity contribution in [1.29, 1.82) is 0 Å². The first kappa shape index (κ1) is 13.5. The van der Waals surface area contributed by atoms with Crippen molar-refractivity contribution in [3.05, 3.63) is 22.6 Å². The van der Waals surface area contributed by atoms with E-state index >= 15 is 0 Å². The minimum Gasteiger partial charge on any atom is -0.299 e. The Bertz CT molecular complexity index is 715. The van der Waals surface area contributed by atoms with Gasteiger partial charge in [0.2, 0.25) is 11.8 Å². The van der Waals surface area contributed by atoms with Gasteiger partial charge in [0.25, 0.3) is 0 Å². The van der Waals surface area contributed by atoms with E-state index in [0.717, 1.165) is 4.47 Å². The average Bonchev–Trinajstić information content (AvgIpc) is 2.76. The molecular formula is C12H10BrClN4O2. The first-order valence-corrected chi connectivity index (χ1v) is 7.35. The van der Waals surface area contributed by atoms with Gasteiger partial charge in [0.05, 0.1) is 5.88 Å². The minimum absolute atomic E-state index is 0.172. The Morgan fingerprint density at radius 3 is 3.00 bits per heavy atom. The van der Waals surface area contributed by atoms with E-state index in [-0.39, 0.29) is 17.7 Å². The number of alkyl halides is 1. The van der Waals surface area contributed by atoms with Crippen molar-refractivity contribution < 1.29 is 9.59 Å². The number of hydrogen-bond acceptors (Lipinski definition) is 4. The summed E-state index contributed by atoms with van der Waals surface area (Å²) in [4.78, 5) is 32.0. The van der Waals surface area contributed by atoms with Crippen LogP contribution in [0.5, 0.6) is 0 Å². The maximum atomic E-state index is 12.0. The van der Waals surface area contributed by atoms with Gasteiger partial charge < -0.3 is 0 Å². The van der Waals surface area contributed by atoms with Crippen molar-refractivity contribution in [2.45, 2.75) is 24.8 Å². The van der Waals surface area contributed by atoms with Crippen LogP contribution in [0.25, 0.3) is 11.2 Å². The fraction of sp³-hybridized carbons (Fsp3) is 0.333. The lowest BCUT2D eigenvalue weighted by Gasteiger charge is -2.23. The van der Waals surface area contributed by atoms with Crippen LogP contribution in [0.4, 0.5) is 0 Å². The van der Waals surface area contributed by atoms with Crippen molar-refractivity contribution in [3.8, 4) is 0 Å². The van der Waals surface area contributed by atoms with Crippen molar-refractivity contribution in [3.63, 3.8) is 0 Å². The van der Waals surface area contributed by atoms with Gasteiger partial charge in [0.15, 0.2) is 5.65 Å². The Hall–Kier alpha value is -1.47. The van der Waals surface area contributed by atoms with E-state index in [0.29, 0.717) is 29.8 Å². The number of aromatic nitrogens is 3. The SMILES string of the molecule is O=C1CCC(n2c(CCl)nc3cc(Br)cnc32)C(=O)N1. The van der Waals surface area contributed by atoms with Crippen molar-refractivity contribution in [2.24, 2.45) is 0 Å². The van der Waals surface area contributed by atoms with E-state index in [1.54, 1.807) is 10.8 Å². The number of imidazole rings is 1. The zero-order chi connectivity index (χ0) is 14.3. The molecule has 0 saturated carbocycles. The summed E-state index contributed by atoms with van der Waals surface area (Å²) >= 11 is 9.25. The van der Waals surface area contributed by atoms with E-state index in [1.807, 2.05) is 6.07 Å². The lowest BCUT2D eigenvalue weighted by Crippen LogP contribution is -2.42. The van der Waals surface area contributed by atoms with Gasteiger partial charge in [0.1, 0.15) is 17.4 Å². The second kappa shape index (κ2) is 5.14. The predicted molar refractivity (Wildman–Crippen MR) is 76.2 cm³/mol. The maximum Gasteiger partial charge on any atom is 0.249 e. The number of hydrogen-bond donors (Lipinski definition) is 1. The van der Waals surface area contributed by atoms with E-state index in [4.69, 9.17) is 11.6 Å². The van der Waals surface area contributed by atoms with Gasteiger partial charge in [0, 0.05) is 17.1 Å². The van der Waals surface area contributed by atoms with Crippen LogP contribution >= 0.6 is 27.5 Å². The third kappa shape index (κ3) is 2.20. The molecule has 104 valence electrons. The number of nitrogens with zero attached hydrogens (tertiary/aromatic N) is 3. The highest BCUT2D eigenvalue weighted by Crippen LogP contribution is 2.27. The molecule has 1 aliphatic heterocycles. The number of carbonyl (C=O) groups is 2. The molecule has 3 heterocycles. The summed E-state index contributed by atoms with van der Waals surface area (Å²) in [6, 6.07) is 1.32. The second-order valence-corrected chi connectivity index (χ2v) is 5.68. The third-order valence-electron chi connectivity index (χ3n) is 3.21. The quantitative estimate of drug-likeness (QED) is 0.658. The van der Waals surface area contributed by atoms with Gasteiger partial charge in [-0.2, -0.15) is 0 Å². The zero-order valence-corrected chi connectivity index (χ0v) is 12.6. The summed E-state index contributed by atoms with van der Waals surface area (Å²) < 4.78 is 2.52. The number of pyridine rings is 1. The Morgan fingerprint density at radius 1 is 1.50 bits per heavy atom. The van der Waals surface area contributed by atoms with Crippen LogP contribution in [0.1, 0.15) is 24.7 Å². The monoisotopic (exact) mass is 356 g/mol. The molecule has 1 fully saturated rings. The molecule has 1 N–H and O–H groups in total. The van der Waals surface area contributed by atoms with Gasteiger partial charge in [-0.1, -0.05) is 0 Å². The minimum atomic E-state index is -0.500. The molecule has 8 heteroatoms. The molecule has 3 rings (SSSR count). The molecule has 1 unspecified atom stereocenters. The third-order valence-corrected chi connectivity index (χ3v) is 3.88. The first-order chi connectivity index (χ1) is 9.60. The number of imide groups is 1. The van der Waals surface area contributed by atoms with Crippen LogP contribution in [0.2, 0.25) is 0 Å². The van der Waals surface area contributed by atoms with Crippen molar-refractivity contribution in [2.75, 3.05) is 0 Å². The Labute approximate surface area is 127 Å². The van der Waals surface area contributed by atoms with Crippen LogP contribution in [0, 0.1) is 0 Å². The maximum absolute atomic E-state index is 12.0. The van der Waals surface area contributed by atoms with Crippen LogP contribution < -0.4 is 5.32 Å². The first-order valence-electron chi connectivity index (χ1n) is 6.02. The topological polar surface area (TPSA) is 76.9 Å². The number of carbonyl (C=O) groups excluding carboxylic acids is 2. The molecule has 2 aromatic heterocycles. The summed E-state index contributed by atoms with van der Waals surface area (Å²) in [7, 11) is 0. The number of amides is 2. The Kier molecular flexibility index (Phi) is 3.47. The molecular weight excluding hydrogens is 348 g/mol. The molecule has 0 aliphatic carbocycles. The highest BCUT2D eigenvalue weighted by atomic mass is 79.9. The molecule has 0 spiro atoms. The summed E-state index contributed by atoms with van der Waals surface area (Å²) in [5.74, 6) is 0.156. The molecule has 1 saturated heterocycles. The average molecular weight is 358 g/mol. The Balaban J connectivity index is 2.14. The van der Waals surface area contributed by atoms with E-state index in [1.165, 1.54) is 0 Å². The molecule has 2 aromatic rings. The number of fused-ring (bicyclic) bond motifs is 1. The zero-order valence-electron chi connectivity index (χ0n) is 10.3. The molecule has 0 bridgehead atoms. The largest absolute Gasteiger partial charge is 0.299 e. The second-order valence-electron chi connectivity index (χ2n) is 4.49. The summed E-state index contributed by atoms with van der Waals surface area (Å²) in [5, 5.41) is 2.34. The molecule has 0 aromatic carbocycles. The fourth-order valence-electron chi connectivity index (χ4n) is 2.35. The number of nitrogens with one attached hydrogen (secondary N) is 1. The normalized spacial score (nSPS) is 19.4. The van der Waals surface area contributed by atoms with Crippen molar-refractivity contribution in [1.82, 2.24) is 19.9 Å². The molecule has 1 aliphatic rings. The summed E-state index contributed by atoms with van der Waals surface area (Å²) in [6.07, 6.45) is 2.37. The van der Waals surface area contributed by atoms with Gasteiger partial charge in [-0.05, 0) is 28.4 Å². The summed E-state index contributed by atoms with van der Waals surface area (Å²) in [5.41, 5.74) is 1.26. The number of piperidine rings is 1. The van der Waals surface area contributed by atoms with E-state index < -0.39 is 6.04 Å². The lowest BCUT2D eigenvalue weighted by molar-refractivity contribution is -0.135. The summed E-state index contributed by atoms with van der Waals surface area (Å²) in [6.45, 7) is 0. The van der Waals surface area contributed by atoms with Gasteiger partial charge in [-0.3, -0.25) is 19.5 Å². The van der Waals surface area contributed by atoms with Crippen LogP contribution in [0.15, 0.2) is 16.7 Å². The van der Waals surface area contributed by atoms with E-state index in [9.17, 15) is 9.59 Å². The van der Waals surface area contributed by atoms with Crippen LogP contribution in [-0.4, -0.2) is 26.3 Å². The predicted octanol–water partition coefficient (Wildman–Crippen LogP) is 1.91. The molecule has 20 heavy (non-hydrogen) atoms. The molecule has 6 nitrogen and oxygen atoms in total. The molecule has 0 radical (unpaired) electrons. The number of rotatable bonds is 2.